The number of hydrogen-bond donors (Lipinski definition) is 0. The largest absolute Gasteiger partial charge is 0.481 e. The zero-order valence-electron chi connectivity index (χ0n) is 14.8. The number of ether oxygens (including phenoxy) is 1. The predicted molar refractivity (Wildman–Crippen MR) is 100 cm³/mol. The highest BCUT2D eigenvalue weighted by atomic mass is 16.5. The van der Waals surface area contributed by atoms with Gasteiger partial charge in [0.1, 0.15) is 5.75 Å². The Morgan fingerprint density at radius 1 is 0.960 bits per heavy atom. The molecule has 0 bridgehead atoms. The van der Waals surface area contributed by atoms with Crippen LogP contribution in [-0.2, 0) is 24.1 Å². The molecule has 25 heavy (non-hydrogen) atoms. The molecule has 0 saturated carbocycles. The lowest BCUT2D eigenvalue weighted by molar-refractivity contribution is -0.124. The number of nitrogens with zero attached hydrogens (tertiary/aromatic N) is 1. The fraction of sp³-hybridized carbons (Fsp3) is 0.409. The van der Waals surface area contributed by atoms with Crippen LogP contribution in [0.5, 0.6) is 5.75 Å². The SMILES string of the molecule is CC(Oc1ccc2c(c1)CCCC2)C(=O)N1CCCc2ccccc21. The summed E-state index contributed by atoms with van der Waals surface area (Å²) < 4.78 is 6.02. The van der Waals surface area contributed by atoms with Crippen molar-refractivity contribution in [3.63, 3.8) is 0 Å². The molecular weight excluding hydrogens is 310 g/mol. The van der Waals surface area contributed by atoms with Crippen LogP contribution in [0.3, 0.4) is 0 Å². The molecule has 0 N–H and O–H groups in total. The van der Waals surface area contributed by atoms with Gasteiger partial charge < -0.3 is 9.64 Å². The van der Waals surface area contributed by atoms with E-state index in [1.807, 2.05) is 36.1 Å². The van der Waals surface area contributed by atoms with Gasteiger partial charge in [-0.05, 0) is 80.3 Å². The summed E-state index contributed by atoms with van der Waals surface area (Å²) in [5, 5.41) is 0. The van der Waals surface area contributed by atoms with Gasteiger partial charge in [-0.15, -0.1) is 0 Å². The van der Waals surface area contributed by atoms with Crippen LogP contribution in [0.1, 0.15) is 42.9 Å². The number of benzene rings is 2. The zero-order valence-corrected chi connectivity index (χ0v) is 14.8. The molecule has 0 aromatic heterocycles. The predicted octanol–water partition coefficient (Wildman–Crippen LogP) is 4.31. The Morgan fingerprint density at radius 3 is 2.60 bits per heavy atom. The van der Waals surface area contributed by atoms with Crippen molar-refractivity contribution in [2.75, 3.05) is 11.4 Å². The van der Waals surface area contributed by atoms with E-state index >= 15 is 0 Å². The van der Waals surface area contributed by atoms with E-state index in [1.165, 1.54) is 29.5 Å². The van der Waals surface area contributed by atoms with Crippen LogP contribution < -0.4 is 9.64 Å². The summed E-state index contributed by atoms with van der Waals surface area (Å²) in [6.45, 7) is 2.63. The minimum atomic E-state index is -0.479. The number of amides is 1. The molecule has 3 nitrogen and oxygen atoms in total. The first-order valence-corrected chi connectivity index (χ1v) is 9.40. The van der Waals surface area contributed by atoms with Crippen molar-refractivity contribution in [2.45, 2.75) is 51.6 Å². The van der Waals surface area contributed by atoms with Gasteiger partial charge >= 0.3 is 0 Å². The lowest BCUT2D eigenvalue weighted by atomic mass is 9.92. The number of carbonyl (C=O) groups is 1. The number of carbonyl (C=O) groups excluding carboxylic acids is 1. The number of rotatable bonds is 3. The van der Waals surface area contributed by atoms with Crippen LogP contribution in [0.15, 0.2) is 42.5 Å². The molecule has 3 heteroatoms. The summed E-state index contributed by atoms with van der Waals surface area (Å²) in [6.07, 6.45) is 6.37. The molecule has 130 valence electrons. The topological polar surface area (TPSA) is 29.5 Å². The highest BCUT2D eigenvalue weighted by Gasteiger charge is 2.27. The van der Waals surface area contributed by atoms with E-state index in [2.05, 4.69) is 18.2 Å². The maximum atomic E-state index is 13.0. The molecule has 0 saturated heterocycles. The second-order valence-electron chi connectivity index (χ2n) is 7.12. The quantitative estimate of drug-likeness (QED) is 0.836. The maximum absolute atomic E-state index is 13.0. The van der Waals surface area contributed by atoms with Crippen molar-refractivity contribution >= 4 is 11.6 Å². The van der Waals surface area contributed by atoms with Crippen LogP contribution in [0.2, 0.25) is 0 Å². The molecule has 2 aromatic carbocycles. The van der Waals surface area contributed by atoms with E-state index in [0.717, 1.165) is 43.7 Å². The second-order valence-corrected chi connectivity index (χ2v) is 7.12. The van der Waals surface area contributed by atoms with E-state index < -0.39 is 6.10 Å². The van der Waals surface area contributed by atoms with Crippen molar-refractivity contribution in [2.24, 2.45) is 0 Å². The highest BCUT2D eigenvalue weighted by Crippen LogP contribution is 2.29. The summed E-state index contributed by atoms with van der Waals surface area (Å²) in [5.74, 6) is 0.858. The van der Waals surface area contributed by atoms with Gasteiger partial charge in [0.05, 0.1) is 0 Å². The van der Waals surface area contributed by atoms with Gasteiger partial charge in [-0.2, -0.15) is 0 Å². The summed E-state index contributed by atoms with van der Waals surface area (Å²) >= 11 is 0. The van der Waals surface area contributed by atoms with Gasteiger partial charge in [0.25, 0.3) is 5.91 Å². The molecule has 1 heterocycles. The first-order valence-electron chi connectivity index (χ1n) is 9.40. The molecule has 4 rings (SSSR count). The molecule has 0 fully saturated rings. The van der Waals surface area contributed by atoms with Crippen molar-refractivity contribution in [3.05, 3.63) is 59.2 Å². The molecule has 0 spiro atoms. The number of anilines is 1. The van der Waals surface area contributed by atoms with Crippen LogP contribution >= 0.6 is 0 Å². The Hall–Kier alpha value is -2.29. The summed E-state index contributed by atoms with van der Waals surface area (Å²) in [7, 11) is 0. The van der Waals surface area contributed by atoms with E-state index in [4.69, 9.17) is 4.74 Å². The van der Waals surface area contributed by atoms with Gasteiger partial charge in [0, 0.05) is 12.2 Å². The van der Waals surface area contributed by atoms with E-state index in [9.17, 15) is 4.79 Å². The van der Waals surface area contributed by atoms with Gasteiger partial charge in [-0.3, -0.25) is 4.79 Å². The number of fused-ring (bicyclic) bond motifs is 2. The fourth-order valence-electron chi connectivity index (χ4n) is 4.02. The third kappa shape index (κ3) is 3.28. The van der Waals surface area contributed by atoms with Crippen LogP contribution in [0.25, 0.3) is 0 Å². The normalized spacial score (nSPS) is 17.4. The second kappa shape index (κ2) is 6.91. The van der Waals surface area contributed by atoms with Crippen LogP contribution in [-0.4, -0.2) is 18.6 Å². The molecule has 1 atom stereocenters. The molecular formula is C22H25NO2. The van der Waals surface area contributed by atoms with E-state index in [1.54, 1.807) is 0 Å². The summed E-state index contributed by atoms with van der Waals surface area (Å²) in [5.41, 5.74) is 5.11. The number of hydrogen-bond acceptors (Lipinski definition) is 2. The summed E-state index contributed by atoms with van der Waals surface area (Å²) in [4.78, 5) is 14.8. The third-order valence-corrected chi connectivity index (χ3v) is 5.36. The Kier molecular flexibility index (Phi) is 4.48. The van der Waals surface area contributed by atoms with Gasteiger partial charge in [0.15, 0.2) is 6.10 Å². The molecule has 1 unspecified atom stereocenters. The average molecular weight is 335 g/mol. The average Bonchev–Trinajstić information content (AvgIpc) is 2.67. The van der Waals surface area contributed by atoms with Crippen molar-refractivity contribution in [1.29, 1.82) is 0 Å². The lowest BCUT2D eigenvalue weighted by Gasteiger charge is -2.31. The smallest absolute Gasteiger partial charge is 0.267 e. The van der Waals surface area contributed by atoms with E-state index in [0.29, 0.717) is 0 Å². The molecule has 1 amide bonds. The number of aryl methyl sites for hydroxylation is 3. The third-order valence-electron chi connectivity index (χ3n) is 5.36. The van der Waals surface area contributed by atoms with Crippen molar-refractivity contribution in [1.82, 2.24) is 0 Å². The molecule has 2 aliphatic rings. The molecule has 1 aliphatic heterocycles. The first-order chi connectivity index (χ1) is 12.2. The first kappa shape index (κ1) is 16.2. The van der Waals surface area contributed by atoms with Crippen molar-refractivity contribution < 1.29 is 9.53 Å². The monoisotopic (exact) mass is 335 g/mol. The van der Waals surface area contributed by atoms with Crippen LogP contribution in [0.4, 0.5) is 5.69 Å². The fourth-order valence-corrected chi connectivity index (χ4v) is 4.02. The van der Waals surface area contributed by atoms with Gasteiger partial charge in [0.2, 0.25) is 0 Å². The highest BCUT2D eigenvalue weighted by molar-refractivity contribution is 5.97. The Morgan fingerprint density at radius 2 is 1.72 bits per heavy atom. The van der Waals surface area contributed by atoms with E-state index in [-0.39, 0.29) is 5.91 Å². The minimum absolute atomic E-state index is 0.0462. The van der Waals surface area contributed by atoms with Crippen molar-refractivity contribution in [3.8, 4) is 5.75 Å². The maximum Gasteiger partial charge on any atom is 0.267 e. The van der Waals surface area contributed by atoms with Gasteiger partial charge in [-0.1, -0.05) is 24.3 Å². The Labute approximate surface area is 149 Å². The van der Waals surface area contributed by atoms with Crippen LogP contribution in [0, 0.1) is 0 Å². The minimum Gasteiger partial charge on any atom is -0.481 e. The molecule has 0 radical (unpaired) electrons. The Bertz CT molecular complexity index is 783. The standard InChI is InChI=1S/C22H25NO2/c1-16(25-20-13-12-17-7-2-3-9-19(17)15-20)22(24)23-14-6-10-18-8-4-5-11-21(18)23/h4-5,8,11-13,15-16H,2-3,6-7,9-10,14H2,1H3. The van der Waals surface area contributed by atoms with Gasteiger partial charge in [-0.25, -0.2) is 0 Å². The molecule has 2 aromatic rings. The molecule has 1 aliphatic carbocycles. The summed E-state index contributed by atoms with van der Waals surface area (Å²) in [6, 6.07) is 14.5. The Balaban J connectivity index is 1.50. The number of para-hydroxylation sites is 1. The lowest BCUT2D eigenvalue weighted by Crippen LogP contribution is -2.43. The zero-order chi connectivity index (χ0) is 17.2.